The van der Waals surface area contributed by atoms with Gasteiger partial charge in [-0.05, 0) is 55.3 Å². The van der Waals surface area contributed by atoms with Crippen molar-refractivity contribution in [1.82, 2.24) is 15.5 Å². The molecule has 0 aliphatic carbocycles. The summed E-state index contributed by atoms with van der Waals surface area (Å²) in [7, 11) is 1.85. The monoisotopic (exact) mass is 370 g/mol. The van der Waals surface area contributed by atoms with Gasteiger partial charge in [-0.15, -0.1) is 11.3 Å². The molecule has 0 bridgehead atoms. The van der Waals surface area contributed by atoms with Gasteiger partial charge < -0.3 is 10.6 Å². The topological polar surface area (TPSA) is 39.7 Å². The number of nitrogens with one attached hydrogen (secondary N) is 2. The van der Waals surface area contributed by atoms with Gasteiger partial charge in [0.05, 0.1) is 0 Å². The summed E-state index contributed by atoms with van der Waals surface area (Å²) in [5.74, 6) is 1.66. The van der Waals surface area contributed by atoms with Crippen molar-refractivity contribution < 1.29 is 0 Å². The largest absolute Gasteiger partial charge is 0.356 e. The number of piperidine rings is 1. The number of thiophene rings is 1. The number of aliphatic imine (C=N–C) groups is 1. The number of benzene rings is 1. The van der Waals surface area contributed by atoms with Crippen molar-refractivity contribution in [1.29, 1.82) is 0 Å². The van der Waals surface area contributed by atoms with Crippen molar-refractivity contribution in [3.63, 3.8) is 0 Å². The Balaban J connectivity index is 1.31. The first-order valence-electron chi connectivity index (χ1n) is 9.56. The van der Waals surface area contributed by atoms with Crippen molar-refractivity contribution >= 4 is 17.3 Å². The molecule has 5 heteroatoms. The fourth-order valence-corrected chi connectivity index (χ4v) is 4.15. The second-order valence-corrected chi connectivity index (χ2v) is 7.95. The first-order chi connectivity index (χ1) is 12.8. The molecule has 1 aromatic heterocycles. The molecule has 140 valence electrons. The summed E-state index contributed by atoms with van der Waals surface area (Å²) >= 11 is 1.86. The molecule has 1 fully saturated rings. The minimum Gasteiger partial charge on any atom is -0.356 e. The van der Waals surface area contributed by atoms with Gasteiger partial charge in [-0.25, -0.2) is 0 Å². The van der Waals surface area contributed by atoms with Crippen LogP contribution >= 0.6 is 11.3 Å². The Hall–Kier alpha value is -1.85. The minimum atomic E-state index is 0.738. The third kappa shape index (κ3) is 6.15. The van der Waals surface area contributed by atoms with E-state index in [-0.39, 0.29) is 0 Å². The van der Waals surface area contributed by atoms with E-state index in [1.54, 1.807) is 0 Å². The van der Waals surface area contributed by atoms with Crippen LogP contribution in [0.5, 0.6) is 0 Å². The van der Waals surface area contributed by atoms with Gasteiger partial charge in [-0.2, -0.15) is 0 Å². The predicted octanol–water partition coefficient (Wildman–Crippen LogP) is 3.37. The van der Waals surface area contributed by atoms with Gasteiger partial charge >= 0.3 is 0 Å². The van der Waals surface area contributed by atoms with Gasteiger partial charge in [-0.1, -0.05) is 36.4 Å². The summed E-state index contributed by atoms with van der Waals surface area (Å²) in [5.41, 5.74) is 1.36. The lowest BCUT2D eigenvalue weighted by Gasteiger charge is -2.32. The molecule has 2 N–H and O–H groups in total. The second-order valence-electron chi connectivity index (χ2n) is 6.91. The number of guanidine groups is 1. The average Bonchev–Trinajstić information content (AvgIpc) is 3.19. The number of rotatable bonds is 7. The van der Waals surface area contributed by atoms with Crippen LogP contribution in [0.2, 0.25) is 0 Å². The van der Waals surface area contributed by atoms with Gasteiger partial charge in [0.25, 0.3) is 0 Å². The Morgan fingerprint density at radius 3 is 2.62 bits per heavy atom. The molecule has 0 radical (unpaired) electrons. The first-order valence-corrected chi connectivity index (χ1v) is 10.4. The standard InChI is InChI=1S/C21H30N4S/c1-22-21(23-12-9-18-6-3-2-4-7-18)24-16-19-10-13-25(14-11-19)17-20-8-5-15-26-20/h2-8,15,19H,9-14,16-17H2,1H3,(H2,22,23,24). The molecule has 2 heterocycles. The molecule has 0 atom stereocenters. The Kier molecular flexibility index (Phi) is 7.52. The van der Waals surface area contributed by atoms with Crippen molar-refractivity contribution in [2.24, 2.45) is 10.9 Å². The zero-order valence-corrected chi connectivity index (χ0v) is 16.5. The van der Waals surface area contributed by atoms with Crippen LogP contribution in [0.1, 0.15) is 23.3 Å². The molecule has 0 amide bonds. The molecular formula is C21H30N4S. The lowest BCUT2D eigenvalue weighted by Crippen LogP contribution is -2.43. The predicted molar refractivity (Wildman–Crippen MR) is 112 cm³/mol. The number of likely N-dealkylation sites (tertiary alicyclic amines) is 1. The minimum absolute atomic E-state index is 0.738. The number of hydrogen-bond donors (Lipinski definition) is 2. The third-order valence-electron chi connectivity index (χ3n) is 5.00. The van der Waals surface area contributed by atoms with Crippen molar-refractivity contribution in [3.8, 4) is 0 Å². The van der Waals surface area contributed by atoms with E-state index in [2.05, 4.69) is 68.4 Å². The van der Waals surface area contributed by atoms with E-state index < -0.39 is 0 Å². The maximum absolute atomic E-state index is 4.35. The van der Waals surface area contributed by atoms with Crippen LogP contribution in [-0.2, 0) is 13.0 Å². The first kappa shape index (κ1) is 18.9. The Labute approximate surface area is 161 Å². The molecule has 1 aliphatic rings. The van der Waals surface area contributed by atoms with Crippen LogP contribution < -0.4 is 10.6 Å². The van der Waals surface area contributed by atoms with E-state index in [0.717, 1.165) is 37.9 Å². The van der Waals surface area contributed by atoms with Gasteiger partial charge in [0, 0.05) is 31.6 Å². The molecule has 1 saturated heterocycles. The molecule has 0 spiro atoms. The zero-order valence-electron chi connectivity index (χ0n) is 15.7. The Morgan fingerprint density at radius 1 is 1.12 bits per heavy atom. The Morgan fingerprint density at radius 2 is 1.92 bits per heavy atom. The molecule has 2 aromatic rings. The fraction of sp³-hybridized carbons (Fsp3) is 0.476. The summed E-state index contributed by atoms with van der Waals surface area (Å²) in [6.07, 6.45) is 3.54. The van der Waals surface area contributed by atoms with Gasteiger partial charge in [0.1, 0.15) is 0 Å². The van der Waals surface area contributed by atoms with Gasteiger partial charge in [0.2, 0.25) is 0 Å². The molecule has 1 aliphatic heterocycles. The van der Waals surface area contributed by atoms with Crippen molar-refractivity contribution in [3.05, 3.63) is 58.3 Å². The van der Waals surface area contributed by atoms with E-state index in [0.29, 0.717) is 0 Å². The number of nitrogens with zero attached hydrogens (tertiary/aromatic N) is 2. The Bertz CT molecular complexity index is 646. The summed E-state index contributed by atoms with van der Waals surface area (Å²) < 4.78 is 0. The van der Waals surface area contributed by atoms with E-state index >= 15 is 0 Å². The molecule has 4 nitrogen and oxygen atoms in total. The lowest BCUT2D eigenvalue weighted by atomic mass is 9.97. The fourth-order valence-electron chi connectivity index (χ4n) is 3.40. The van der Waals surface area contributed by atoms with Crippen LogP contribution in [0.4, 0.5) is 0 Å². The van der Waals surface area contributed by atoms with Crippen LogP contribution in [0.15, 0.2) is 52.8 Å². The molecule has 1 aromatic carbocycles. The normalized spacial score (nSPS) is 16.6. The van der Waals surface area contributed by atoms with Crippen molar-refractivity contribution in [2.75, 3.05) is 33.2 Å². The van der Waals surface area contributed by atoms with Crippen LogP contribution in [-0.4, -0.2) is 44.1 Å². The highest BCUT2D eigenvalue weighted by Gasteiger charge is 2.19. The summed E-state index contributed by atoms with van der Waals surface area (Å²) in [6.45, 7) is 5.43. The smallest absolute Gasteiger partial charge is 0.190 e. The number of hydrogen-bond acceptors (Lipinski definition) is 3. The average molecular weight is 371 g/mol. The van der Waals surface area contributed by atoms with Crippen LogP contribution in [0.25, 0.3) is 0 Å². The zero-order chi connectivity index (χ0) is 18.0. The molecule has 0 saturated carbocycles. The molecule has 3 rings (SSSR count). The van der Waals surface area contributed by atoms with Crippen LogP contribution in [0, 0.1) is 5.92 Å². The summed E-state index contributed by atoms with van der Waals surface area (Å²) in [5, 5.41) is 9.10. The van der Waals surface area contributed by atoms with Gasteiger partial charge in [-0.3, -0.25) is 9.89 Å². The SMILES string of the molecule is CN=C(NCCc1ccccc1)NCC1CCN(Cc2cccs2)CC1. The highest BCUT2D eigenvalue weighted by atomic mass is 32.1. The maximum atomic E-state index is 4.35. The van der Waals surface area contributed by atoms with Crippen molar-refractivity contribution in [2.45, 2.75) is 25.8 Å². The van der Waals surface area contributed by atoms with E-state index in [1.807, 2.05) is 18.4 Å². The quantitative estimate of drug-likeness (QED) is 0.580. The summed E-state index contributed by atoms with van der Waals surface area (Å²) in [6, 6.07) is 15.0. The highest BCUT2D eigenvalue weighted by molar-refractivity contribution is 7.09. The second kappa shape index (κ2) is 10.3. The third-order valence-corrected chi connectivity index (χ3v) is 5.86. The maximum Gasteiger partial charge on any atom is 0.190 e. The molecule has 26 heavy (non-hydrogen) atoms. The van der Waals surface area contributed by atoms with E-state index in [9.17, 15) is 0 Å². The highest BCUT2D eigenvalue weighted by Crippen LogP contribution is 2.20. The lowest BCUT2D eigenvalue weighted by molar-refractivity contribution is 0.179. The molecular weight excluding hydrogens is 340 g/mol. The van der Waals surface area contributed by atoms with E-state index in [1.165, 1.54) is 36.4 Å². The van der Waals surface area contributed by atoms with E-state index in [4.69, 9.17) is 0 Å². The van der Waals surface area contributed by atoms with Gasteiger partial charge in [0.15, 0.2) is 5.96 Å². The summed E-state index contributed by atoms with van der Waals surface area (Å²) in [4.78, 5) is 8.41. The molecule has 0 unspecified atom stereocenters. The van der Waals surface area contributed by atoms with Crippen LogP contribution in [0.3, 0.4) is 0 Å².